The number of hydrogen-bond donors (Lipinski definition) is 2. The van der Waals surface area contributed by atoms with Gasteiger partial charge >= 0.3 is 6.72 Å². The van der Waals surface area contributed by atoms with E-state index in [-0.39, 0.29) is 19.1 Å². The van der Waals surface area contributed by atoms with Crippen molar-refractivity contribution in [3.8, 4) is 6.07 Å². The van der Waals surface area contributed by atoms with Gasteiger partial charge in [0.2, 0.25) is 5.95 Å². The van der Waals surface area contributed by atoms with Crippen LogP contribution in [0.3, 0.4) is 0 Å². The highest BCUT2D eigenvalue weighted by molar-refractivity contribution is 8.07. The quantitative estimate of drug-likeness (QED) is 0.537. The largest absolute Gasteiger partial charge is 0.351 e. The third-order valence-electron chi connectivity index (χ3n) is 3.31. The molecule has 0 aromatic carbocycles. The molecule has 120 valence electrons. The molecule has 1 saturated carbocycles. The standard InChI is InChI=1S/C12H18N5O3PS/c13-4-1-5-19-21(18,22)20-7-10-2-3-11(6-10)17-12-15-8-14-9-16-12/h8-11H,1-3,5-7H2,(H,18,22)(H,14,15,16,17)/t10-,11+,21?/m1/s1. The van der Waals surface area contributed by atoms with Gasteiger partial charge in [-0.25, -0.2) is 15.0 Å². The summed E-state index contributed by atoms with van der Waals surface area (Å²) in [5.74, 6) is 0.863. The van der Waals surface area contributed by atoms with Crippen molar-refractivity contribution in [2.75, 3.05) is 18.5 Å². The molecule has 0 radical (unpaired) electrons. The Hall–Kier alpha value is -1.17. The van der Waals surface area contributed by atoms with Crippen LogP contribution in [0.1, 0.15) is 25.7 Å². The Morgan fingerprint density at radius 3 is 2.91 bits per heavy atom. The molecule has 1 unspecified atom stereocenters. The van der Waals surface area contributed by atoms with Gasteiger partial charge in [0.05, 0.1) is 25.7 Å². The van der Waals surface area contributed by atoms with E-state index in [0.717, 1.165) is 19.3 Å². The lowest BCUT2D eigenvalue weighted by atomic mass is 10.1. The van der Waals surface area contributed by atoms with Crippen molar-refractivity contribution in [3.05, 3.63) is 12.7 Å². The van der Waals surface area contributed by atoms with E-state index in [0.29, 0.717) is 18.5 Å². The van der Waals surface area contributed by atoms with Crippen LogP contribution in [0.25, 0.3) is 0 Å². The summed E-state index contributed by atoms with van der Waals surface area (Å²) < 4.78 is 10.4. The molecule has 1 fully saturated rings. The summed E-state index contributed by atoms with van der Waals surface area (Å²) in [6.07, 6.45) is 5.92. The Bertz CT molecular complexity index is 555. The van der Waals surface area contributed by atoms with Crippen LogP contribution in [0.4, 0.5) is 5.95 Å². The summed E-state index contributed by atoms with van der Waals surface area (Å²) in [5, 5.41) is 11.7. The molecule has 1 aliphatic carbocycles. The van der Waals surface area contributed by atoms with Crippen LogP contribution < -0.4 is 5.32 Å². The second-order valence-electron chi connectivity index (χ2n) is 4.99. The number of hydrogen-bond acceptors (Lipinski definition) is 8. The van der Waals surface area contributed by atoms with Crippen LogP contribution >= 0.6 is 6.72 Å². The van der Waals surface area contributed by atoms with Gasteiger partial charge in [-0.3, -0.25) is 0 Å². The summed E-state index contributed by atoms with van der Waals surface area (Å²) in [6.45, 7) is -2.78. The molecule has 1 heterocycles. The van der Waals surface area contributed by atoms with Gasteiger partial charge < -0.3 is 19.3 Å². The fourth-order valence-corrected chi connectivity index (χ4v) is 3.50. The number of anilines is 1. The van der Waals surface area contributed by atoms with E-state index in [1.165, 1.54) is 12.7 Å². The lowest BCUT2D eigenvalue weighted by molar-refractivity contribution is 0.175. The van der Waals surface area contributed by atoms with Crippen molar-refractivity contribution in [1.82, 2.24) is 15.0 Å². The highest BCUT2D eigenvalue weighted by atomic mass is 32.5. The van der Waals surface area contributed by atoms with Crippen LogP contribution in [0.2, 0.25) is 0 Å². The average Bonchev–Trinajstić information content (AvgIpc) is 2.94. The molecule has 3 atom stereocenters. The monoisotopic (exact) mass is 343 g/mol. The molecule has 2 N–H and O–H groups in total. The zero-order chi connectivity index (χ0) is 15.8. The van der Waals surface area contributed by atoms with E-state index >= 15 is 0 Å². The lowest BCUT2D eigenvalue weighted by Crippen LogP contribution is -2.18. The Balaban J connectivity index is 1.70. The third kappa shape index (κ3) is 5.91. The number of aromatic nitrogens is 3. The topological polar surface area (TPSA) is 113 Å². The summed E-state index contributed by atoms with van der Waals surface area (Å²) in [5.41, 5.74) is 0. The molecule has 0 spiro atoms. The number of nitrogens with zero attached hydrogens (tertiary/aromatic N) is 4. The molecule has 10 heteroatoms. The minimum absolute atomic E-state index is 0.0957. The summed E-state index contributed by atoms with van der Waals surface area (Å²) in [7, 11) is 0. The van der Waals surface area contributed by atoms with E-state index in [1.54, 1.807) is 0 Å². The van der Waals surface area contributed by atoms with Gasteiger partial charge in [0.25, 0.3) is 0 Å². The number of rotatable bonds is 8. The third-order valence-corrected chi connectivity index (χ3v) is 4.93. The minimum Gasteiger partial charge on any atom is -0.351 e. The molecule has 1 aromatic rings. The van der Waals surface area contributed by atoms with Crippen LogP contribution in [0, 0.1) is 17.2 Å². The number of nitriles is 1. The molecule has 1 aliphatic rings. The predicted octanol–water partition coefficient (Wildman–Crippen LogP) is 1.62. The summed E-state index contributed by atoms with van der Waals surface area (Å²) >= 11 is 4.90. The van der Waals surface area contributed by atoms with Gasteiger partial charge in [-0.1, -0.05) is 0 Å². The first-order valence-electron chi connectivity index (χ1n) is 6.96. The van der Waals surface area contributed by atoms with E-state index in [1.807, 2.05) is 6.07 Å². The molecular weight excluding hydrogens is 325 g/mol. The zero-order valence-electron chi connectivity index (χ0n) is 12.0. The van der Waals surface area contributed by atoms with Gasteiger partial charge in [-0.2, -0.15) is 5.26 Å². The van der Waals surface area contributed by atoms with Crippen molar-refractivity contribution >= 4 is 24.5 Å². The minimum atomic E-state index is -3.23. The maximum absolute atomic E-state index is 9.83. The SMILES string of the molecule is N#CCCOP(O)(=S)OC[C@@H]1CC[C@H](Nc2ncncn2)C1. The fraction of sp³-hybridized carbons (Fsp3) is 0.667. The molecule has 1 aromatic heterocycles. The van der Waals surface area contributed by atoms with Gasteiger partial charge in [0.15, 0.2) is 0 Å². The molecule has 8 nitrogen and oxygen atoms in total. The van der Waals surface area contributed by atoms with Crippen LogP contribution in [-0.4, -0.2) is 39.1 Å². The molecule has 0 aliphatic heterocycles. The Morgan fingerprint density at radius 2 is 2.18 bits per heavy atom. The number of nitrogens with one attached hydrogen (secondary N) is 1. The van der Waals surface area contributed by atoms with Gasteiger partial charge in [-0.05, 0) is 37.0 Å². The summed E-state index contributed by atoms with van der Waals surface area (Å²) in [4.78, 5) is 21.7. The summed E-state index contributed by atoms with van der Waals surface area (Å²) in [6, 6.07) is 2.19. The van der Waals surface area contributed by atoms with E-state index in [4.69, 9.17) is 26.1 Å². The Kier molecular flexibility index (Phi) is 6.61. The van der Waals surface area contributed by atoms with Crippen molar-refractivity contribution in [2.45, 2.75) is 31.7 Å². The normalized spacial score (nSPS) is 23.6. The Morgan fingerprint density at radius 1 is 1.41 bits per heavy atom. The van der Waals surface area contributed by atoms with Crippen molar-refractivity contribution in [1.29, 1.82) is 5.26 Å². The first kappa shape index (κ1) is 17.2. The molecular formula is C12H18N5O3PS. The van der Waals surface area contributed by atoms with Crippen molar-refractivity contribution < 1.29 is 13.9 Å². The molecule has 0 amide bonds. The molecule has 0 bridgehead atoms. The van der Waals surface area contributed by atoms with Gasteiger partial charge in [0, 0.05) is 6.04 Å². The van der Waals surface area contributed by atoms with Crippen LogP contribution in [0.5, 0.6) is 0 Å². The fourth-order valence-electron chi connectivity index (χ4n) is 2.30. The highest BCUT2D eigenvalue weighted by Crippen LogP contribution is 2.45. The second kappa shape index (κ2) is 8.46. The van der Waals surface area contributed by atoms with Crippen LogP contribution in [-0.2, 0) is 20.9 Å². The second-order valence-corrected chi connectivity index (χ2v) is 7.83. The Labute approximate surface area is 134 Å². The van der Waals surface area contributed by atoms with Crippen molar-refractivity contribution in [3.63, 3.8) is 0 Å². The van der Waals surface area contributed by atoms with Gasteiger partial charge in [0.1, 0.15) is 12.7 Å². The molecule has 22 heavy (non-hydrogen) atoms. The van der Waals surface area contributed by atoms with Gasteiger partial charge in [-0.15, -0.1) is 0 Å². The van der Waals surface area contributed by atoms with E-state index < -0.39 is 6.72 Å². The predicted molar refractivity (Wildman–Crippen MR) is 83.2 cm³/mol. The lowest BCUT2D eigenvalue weighted by Gasteiger charge is -2.18. The molecule has 2 rings (SSSR count). The maximum atomic E-state index is 9.83. The average molecular weight is 343 g/mol. The van der Waals surface area contributed by atoms with E-state index in [9.17, 15) is 4.89 Å². The zero-order valence-corrected chi connectivity index (χ0v) is 13.7. The highest BCUT2D eigenvalue weighted by Gasteiger charge is 2.27. The maximum Gasteiger partial charge on any atom is 0.324 e. The molecule has 0 saturated heterocycles. The van der Waals surface area contributed by atoms with Crippen LogP contribution in [0.15, 0.2) is 12.7 Å². The van der Waals surface area contributed by atoms with E-state index in [2.05, 4.69) is 20.3 Å². The van der Waals surface area contributed by atoms with Crippen molar-refractivity contribution in [2.24, 2.45) is 5.92 Å². The first-order chi connectivity index (χ1) is 10.6. The first-order valence-corrected chi connectivity index (χ1v) is 9.55. The smallest absolute Gasteiger partial charge is 0.324 e.